The van der Waals surface area contributed by atoms with Crippen molar-refractivity contribution in [2.24, 2.45) is 0 Å². The van der Waals surface area contributed by atoms with Crippen molar-refractivity contribution in [1.82, 2.24) is 9.21 Å². The molecule has 8 heteroatoms. The molecule has 0 spiro atoms. The fourth-order valence-corrected chi connectivity index (χ4v) is 5.33. The van der Waals surface area contributed by atoms with Crippen LogP contribution in [0.15, 0.2) is 46.7 Å². The van der Waals surface area contributed by atoms with E-state index >= 15 is 0 Å². The second-order valence-electron chi connectivity index (χ2n) is 7.54. The van der Waals surface area contributed by atoms with Gasteiger partial charge in [0.05, 0.1) is 17.5 Å². The summed E-state index contributed by atoms with van der Waals surface area (Å²) in [5.74, 6) is -0.116. The van der Waals surface area contributed by atoms with Crippen molar-refractivity contribution >= 4 is 27.3 Å². The van der Waals surface area contributed by atoms with Crippen LogP contribution in [0.2, 0.25) is 0 Å². The minimum Gasteiger partial charge on any atom is -0.376 e. The van der Waals surface area contributed by atoms with Crippen LogP contribution < -0.4 is 0 Å². The molecular formula is C21H28N2O4S2. The Morgan fingerprint density at radius 2 is 1.97 bits per heavy atom. The number of amides is 1. The van der Waals surface area contributed by atoms with E-state index in [0.717, 1.165) is 24.3 Å². The maximum atomic E-state index is 13.2. The van der Waals surface area contributed by atoms with E-state index in [9.17, 15) is 13.2 Å². The molecular weight excluding hydrogens is 408 g/mol. The topological polar surface area (TPSA) is 66.9 Å². The largest absolute Gasteiger partial charge is 0.376 e. The van der Waals surface area contributed by atoms with E-state index < -0.39 is 10.0 Å². The number of carbonyl (C=O) groups excluding carboxylic acids is 1. The average molecular weight is 437 g/mol. The summed E-state index contributed by atoms with van der Waals surface area (Å²) < 4.78 is 32.3. The van der Waals surface area contributed by atoms with Gasteiger partial charge < -0.3 is 9.64 Å². The average Bonchev–Trinajstić information content (AvgIpc) is 3.40. The highest BCUT2D eigenvalue weighted by Gasteiger charge is 2.26. The molecule has 3 rings (SSSR count). The van der Waals surface area contributed by atoms with Gasteiger partial charge in [0, 0.05) is 36.7 Å². The van der Waals surface area contributed by atoms with Crippen LogP contribution in [0.1, 0.15) is 41.9 Å². The van der Waals surface area contributed by atoms with E-state index in [0.29, 0.717) is 18.7 Å². The maximum Gasteiger partial charge on any atom is 0.254 e. The predicted molar refractivity (Wildman–Crippen MR) is 115 cm³/mol. The molecule has 29 heavy (non-hydrogen) atoms. The number of nitrogens with zero attached hydrogens (tertiary/aromatic N) is 2. The second kappa shape index (κ2) is 9.38. The minimum atomic E-state index is -3.57. The van der Waals surface area contributed by atoms with Crippen molar-refractivity contribution < 1.29 is 17.9 Å². The highest BCUT2D eigenvalue weighted by molar-refractivity contribution is 7.89. The molecule has 1 atom stereocenters. The summed E-state index contributed by atoms with van der Waals surface area (Å²) >= 11 is 1.61. The zero-order chi connectivity index (χ0) is 21.0. The number of thiophene rings is 1. The molecule has 1 amide bonds. The van der Waals surface area contributed by atoms with Gasteiger partial charge in [-0.3, -0.25) is 4.79 Å². The third-order valence-corrected chi connectivity index (χ3v) is 8.08. The van der Waals surface area contributed by atoms with Crippen LogP contribution in [0.4, 0.5) is 0 Å². The molecule has 0 bridgehead atoms. The summed E-state index contributed by atoms with van der Waals surface area (Å²) in [5.41, 5.74) is 0.478. The van der Waals surface area contributed by atoms with Crippen LogP contribution in [-0.4, -0.2) is 55.9 Å². The molecule has 1 aromatic heterocycles. The molecule has 6 nitrogen and oxygen atoms in total. The summed E-state index contributed by atoms with van der Waals surface area (Å²) in [5, 5.41) is 1.99. The lowest BCUT2D eigenvalue weighted by molar-refractivity contribution is 0.0509. The Morgan fingerprint density at radius 3 is 2.52 bits per heavy atom. The summed E-state index contributed by atoms with van der Waals surface area (Å²) in [4.78, 5) is 16.3. The first kappa shape index (κ1) is 22.0. The quantitative estimate of drug-likeness (QED) is 0.634. The summed E-state index contributed by atoms with van der Waals surface area (Å²) in [7, 11) is -2.01. The predicted octanol–water partition coefficient (Wildman–Crippen LogP) is 3.60. The lowest BCUT2D eigenvalue weighted by atomic mass is 10.1. The SMILES string of the molecule is CC(C)N(C)S(=O)(=O)c1ccc(C(=O)N(Cc2cccs2)CC2CCCO2)cc1. The number of benzene rings is 1. The molecule has 2 aromatic rings. The molecule has 0 aliphatic carbocycles. The molecule has 1 saturated heterocycles. The van der Waals surface area contributed by atoms with Crippen molar-refractivity contribution in [1.29, 1.82) is 0 Å². The third-order valence-electron chi connectivity index (χ3n) is 5.17. The second-order valence-corrected chi connectivity index (χ2v) is 10.6. The van der Waals surface area contributed by atoms with Crippen molar-refractivity contribution in [2.75, 3.05) is 20.2 Å². The summed E-state index contributed by atoms with van der Waals surface area (Å²) in [6.45, 7) is 5.44. The Morgan fingerprint density at radius 1 is 1.24 bits per heavy atom. The monoisotopic (exact) mass is 436 g/mol. The van der Waals surface area contributed by atoms with Gasteiger partial charge in [-0.1, -0.05) is 6.07 Å². The van der Waals surface area contributed by atoms with Gasteiger partial charge in [-0.25, -0.2) is 8.42 Å². The lowest BCUT2D eigenvalue weighted by Gasteiger charge is -2.25. The van der Waals surface area contributed by atoms with Gasteiger partial charge in [0.1, 0.15) is 0 Å². The first-order valence-corrected chi connectivity index (χ1v) is 12.1. The Labute approximate surface area is 177 Å². The van der Waals surface area contributed by atoms with Crippen molar-refractivity contribution in [3.05, 3.63) is 52.2 Å². The van der Waals surface area contributed by atoms with E-state index in [1.54, 1.807) is 35.4 Å². The van der Waals surface area contributed by atoms with E-state index in [4.69, 9.17) is 4.74 Å². The summed E-state index contributed by atoms with van der Waals surface area (Å²) in [6.07, 6.45) is 2.02. The molecule has 0 saturated carbocycles. The Bertz CT molecular complexity index is 903. The van der Waals surface area contributed by atoms with Crippen LogP contribution in [-0.2, 0) is 21.3 Å². The van der Waals surface area contributed by atoms with Gasteiger partial charge in [-0.05, 0) is 62.4 Å². The highest BCUT2D eigenvalue weighted by Crippen LogP contribution is 2.21. The fraction of sp³-hybridized carbons (Fsp3) is 0.476. The van der Waals surface area contributed by atoms with Gasteiger partial charge >= 0.3 is 0 Å². The maximum absolute atomic E-state index is 13.2. The molecule has 1 aliphatic rings. The van der Waals surface area contributed by atoms with Crippen molar-refractivity contribution in [2.45, 2.75) is 50.3 Å². The van der Waals surface area contributed by atoms with Gasteiger partial charge in [-0.15, -0.1) is 11.3 Å². The smallest absolute Gasteiger partial charge is 0.254 e. The molecule has 1 fully saturated rings. The number of ether oxygens (including phenoxy) is 1. The molecule has 1 unspecified atom stereocenters. The number of sulfonamides is 1. The van der Waals surface area contributed by atoms with Crippen LogP contribution in [0, 0.1) is 0 Å². The zero-order valence-corrected chi connectivity index (χ0v) is 18.7. The van der Waals surface area contributed by atoms with Crippen molar-refractivity contribution in [3.8, 4) is 0 Å². The van der Waals surface area contributed by atoms with Gasteiger partial charge in [0.15, 0.2) is 0 Å². The Balaban J connectivity index is 1.79. The number of hydrogen-bond donors (Lipinski definition) is 0. The van der Waals surface area contributed by atoms with E-state index in [2.05, 4.69) is 0 Å². The molecule has 1 aromatic carbocycles. The van der Waals surface area contributed by atoms with Crippen LogP contribution in [0.25, 0.3) is 0 Å². The van der Waals surface area contributed by atoms with E-state index in [-0.39, 0.29) is 22.9 Å². The third kappa shape index (κ3) is 5.25. The fourth-order valence-electron chi connectivity index (χ4n) is 3.24. The normalized spacial score (nSPS) is 17.2. The minimum absolute atomic E-state index is 0.0539. The first-order valence-electron chi connectivity index (χ1n) is 9.80. The van der Waals surface area contributed by atoms with Gasteiger partial charge in [-0.2, -0.15) is 4.31 Å². The molecule has 2 heterocycles. The summed E-state index contributed by atoms with van der Waals surface area (Å²) in [6, 6.07) is 10.1. The van der Waals surface area contributed by atoms with Crippen molar-refractivity contribution in [3.63, 3.8) is 0 Å². The highest BCUT2D eigenvalue weighted by atomic mass is 32.2. The standard InChI is InChI=1S/C21H28N2O4S2/c1-16(2)22(3)29(25,26)20-10-8-17(9-11-20)21(24)23(14-18-6-4-12-27-18)15-19-7-5-13-28-19/h5,7-11,13,16,18H,4,6,12,14-15H2,1-3H3. The first-order chi connectivity index (χ1) is 13.8. The molecule has 158 valence electrons. The molecule has 1 aliphatic heterocycles. The lowest BCUT2D eigenvalue weighted by Crippen LogP contribution is -2.36. The van der Waals surface area contributed by atoms with Gasteiger partial charge in [0.25, 0.3) is 5.91 Å². The number of hydrogen-bond acceptors (Lipinski definition) is 5. The van der Waals surface area contributed by atoms with Crippen LogP contribution in [0.5, 0.6) is 0 Å². The Kier molecular flexibility index (Phi) is 7.10. The van der Waals surface area contributed by atoms with Gasteiger partial charge in [0.2, 0.25) is 10.0 Å². The van der Waals surface area contributed by atoms with Crippen LogP contribution in [0.3, 0.4) is 0 Å². The van der Waals surface area contributed by atoms with E-state index in [1.165, 1.54) is 16.4 Å². The molecule has 0 N–H and O–H groups in total. The van der Waals surface area contributed by atoms with Crippen LogP contribution >= 0.6 is 11.3 Å². The van der Waals surface area contributed by atoms with E-state index in [1.807, 2.05) is 31.4 Å². The zero-order valence-electron chi connectivity index (χ0n) is 17.1. The Hall–Kier alpha value is -1.74. The molecule has 0 radical (unpaired) electrons. The number of carbonyl (C=O) groups is 1. The number of rotatable bonds is 8.